The van der Waals surface area contributed by atoms with Crippen molar-refractivity contribution in [3.05, 3.63) is 17.5 Å². The molecule has 1 atom stereocenters. The number of hydrogen-bond donors (Lipinski definition) is 0. The molecule has 2 saturated heterocycles. The maximum atomic E-state index is 12.9. The van der Waals surface area contributed by atoms with Crippen LogP contribution >= 0.6 is 0 Å². The summed E-state index contributed by atoms with van der Waals surface area (Å²) in [6.45, 7) is 7.23. The van der Waals surface area contributed by atoms with Gasteiger partial charge in [-0.05, 0) is 51.6 Å². The molecule has 0 radical (unpaired) electrons. The Bertz CT molecular complexity index is 617. The SMILES string of the molecule is COC[C@H]1C(=O)N(CC2CC2)CC12CCN(Cc1cc(C)on1)CC2. The van der Waals surface area contributed by atoms with Crippen LogP contribution in [0.15, 0.2) is 10.6 Å². The minimum Gasteiger partial charge on any atom is -0.384 e. The van der Waals surface area contributed by atoms with E-state index < -0.39 is 0 Å². The number of piperidine rings is 1. The van der Waals surface area contributed by atoms with Gasteiger partial charge in [0.25, 0.3) is 0 Å². The molecule has 0 aromatic carbocycles. The number of carbonyl (C=O) groups excluding carboxylic acids is 1. The molecular formula is C19H29N3O3. The topological polar surface area (TPSA) is 58.8 Å². The minimum atomic E-state index is 0.0349. The second-order valence-corrected chi connectivity index (χ2v) is 8.24. The maximum Gasteiger partial charge on any atom is 0.228 e. The van der Waals surface area contributed by atoms with Gasteiger partial charge in [0.15, 0.2) is 0 Å². The number of ether oxygens (including phenoxy) is 1. The Morgan fingerprint density at radius 1 is 1.36 bits per heavy atom. The average Bonchev–Trinajstić information content (AvgIpc) is 3.27. The predicted molar refractivity (Wildman–Crippen MR) is 92.9 cm³/mol. The van der Waals surface area contributed by atoms with Crippen LogP contribution in [0.1, 0.15) is 37.1 Å². The van der Waals surface area contributed by atoms with Gasteiger partial charge in [-0.3, -0.25) is 9.69 Å². The highest BCUT2D eigenvalue weighted by molar-refractivity contribution is 5.82. The van der Waals surface area contributed by atoms with Crippen LogP contribution in [0.25, 0.3) is 0 Å². The molecule has 4 rings (SSSR count). The average molecular weight is 347 g/mol. The highest BCUT2D eigenvalue weighted by Gasteiger charge is 2.53. The van der Waals surface area contributed by atoms with E-state index in [9.17, 15) is 4.79 Å². The zero-order chi connectivity index (χ0) is 17.4. The summed E-state index contributed by atoms with van der Waals surface area (Å²) in [5.74, 6) is 1.97. The number of rotatable bonds is 6. The van der Waals surface area contributed by atoms with Gasteiger partial charge >= 0.3 is 0 Å². The Balaban J connectivity index is 1.41. The third-order valence-corrected chi connectivity index (χ3v) is 6.28. The monoisotopic (exact) mass is 347 g/mol. The first-order chi connectivity index (χ1) is 12.1. The Hall–Kier alpha value is -1.40. The van der Waals surface area contributed by atoms with Gasteiger partial charge in [0.2, 0.25) is 5.91 Å². The van der Waals surface area contributed by atoms with E-state index in [1.807, 2.05) is 13.0 Å². The molecular weight excluding hydrogens is 318 g/mol. The standard InChI is InChI=1S/C19H29N3O3/c1-14-9-16(20-25-14)11-21-7-5-19(6-8-21)13-22(10-15-3-4-15)18(23)17(19)12-24-2/h9,15,17H,3-8,10-13H2,1-2H3/t17-/m0/s1. The van der Waals surface area contributed by atoms with E-state index in [-0.39, 0.29) is 11.3 Å². The Labute approximate surface area is 149 Å². The lowest BCUT2D eigenvalue weighted by Gasteiger charge is -2.41. The first kappa shape index (κ1) is 17.0. The van der Waals surface area contributed by atoms with Crippen molar-refractivity contribution < 1.29 is 14.1 Å². The largest absolute Gasteiger partial charge is 0.384 e. The van der Waals surface area contributed by atoms with Crippen molar-refractivity contribution in [3.8, 4) is 0 Å². The van der Waals surface area contributed by atoms with Gasteiger partial charge in [-0.2, -0.15) is 0 Å². The first-order valence-corrected chi connectivity index (χ1v) is 9.52. The predicted octanol–water partition coefficient (Wildman–Crippen LogP) is 2.08. The lowest BCUT2D eigenvalue weighted by Crippen LogP contribution is -2.45. The number of amides is 1. The van der Waals surface area contributed by atoms with Gasteiger partial charge in [0, 0.05) is 38.2 Å². The summed E-state index contributed by atoms with van der Waals surface area (Å²) in [5, 5.41) is 4.11. The number of hydrogen-bond acceptors (Lipinski definition) is 5. The van der Waals surface area contributed by atoms with Crippen molar-refractivity contribution in [3.63, 3.8) is 0 Å². The summed E-state index contributed by atoms with van der Waals surface area (Å²) in [5.41, 5.74) is 1.10. The molecule has 3 heterocycles. The highest BCUT2D eigenvalue weighted by Crippen LogP contribution is 2.46. The Morgan fingerprint density at radius 2 is 2.12 bits per heavy atom. The van der Waals surface area contributed by atoms with Gasteiger partial charge in [0.1, 0.15) is 5.76 Å². The van der Waals surface area contributed by atoms with Gasteiger partial charge in [-0.25, -0.2) is 0 Å². The van der Waals surface area contributed by atoms with Gasteiger partial charge in [-0.1, -0.05) is 5.16 Å². The van der Waals surface area contributed by atoms with E-state index in [0.717, 1.165) is 62.9 Å². The van der Waals surface area contributed by atoms with Gasteiger partial charge < -0.3 is 14.2 Å². The van der Waals surface area contributed by atoms with E-state index in [0.29, 0.717) is 12.5 Å². The molecule has 1 saturated carbocycles. The van der Waals surface area contributed by atoms with Crippen molar-refractivity contribution in [2.24, 2.45) is 17.3 Å². The van der Waals surface area contributed by atoms with Crippen molar-refractivity contribution in [2.75, 3.05) is 39.9 Å². The van der Waals surface area contributed by atoms with Crippen LogP contribution in [-0.4, -0.2) is 60.8 Å². The molecule has 25 heavy (non-hydrogen) atoms. The molecule has 2 aliphatic heterocycles. The molecule has 138 valence electrons. The fourth-order valence-corrected chi connectivity index (χ4v) is 4.62. The van der Waals surface area contributed by atoms with Crippen molar-refractivity contribution in [1.29, 1.82) is 0 Å². The zero-order valence-corrected chi connectivity index (χ0v) is 15.4. The normalized spacial score (nSPS) is 26.7. The van der Waals surface area contributed by atoms with Crippen molar-refractivity contribution in [2.45, 2.75) is 39.2 Å². The van der Waals surface area contributed by atoms with Gasteiger partial charge in [0.05, 0.1) is 18.2 Å². The summed E-state index contributed by atoms with van der Waals surface area (Å²) >= 11 is 0. The summed E-state index contributed by atoms with van der Waals surface area (Å²) in [4.78, 5) is 17.5. The molecule has 3 aliphatic rings. The van der Waals surface area contributed by atoms with Crippen LogP contribution in [0.2, 0.25) is 0 Å². The lowest BCUT2D eigenvalue weighted by atomic mass is 9.71. The summed E-state index contributed by atoms with van der Waals surface area (Å²) in [7, 11) is 1.71. The number of methoxy groups -OCH3 is 1. The van der Waals surface area contributed by atoms with Crippen molar-refractivity contribution >= 4 is 5.91 Å². The molecule has 0 N–H and O–H groups in total. The second-order valence-electron chi connectivity index (χ2n) is 8.24. The lowest BCUT2D eigenvalue weighted by molar-refractivity contribution is -0.133. The molecule has 1 aromatic heterocycles. The summed E-state index contributed by atoms with van der Waals surface area (Å²) in [6.07, 6.45) is 4.70. The second kappa shape index (κ2) is 6.72. The quantitative estimate of drug-likeness (QED) is 0.788. The van der Waals surface area contributed by atoms with Crippen LogP contribution in [0, 0.1) is 24.2 Å². The minimum absolute atomic E-state index is 0.0349. The smallest absolute Gasteiger partial charge is 0.228 e. The zero-order valence-electron chi connectivity index (χ0n) is 15.4. The molecule has 1 spiro atoms. The van der Waals surface area contributed by atoms with E-state index in [1.54, 1.807) is 7.11 Å². The molecule has 0 unspecified atom stereocenters. The van der Waals surface area contributed by atoms with E-state index in [1.165, 1.54) is 12.8 Å². The molecule has 1 aromatic rings. The van der Waals surface area contributed by atoms with Crippen LogP contribution in [0.3, 0.4) is 0 Å². The molecule has 6 nitrogen and oxygen atoms in total. The van der Waals surface area contributed by atoms with Crippen LogP contribution in [0.5, 0.6) is 0 Å². The van der Waals surface area contributed by atoms with E-state index in [4.69, 9.17) is 9.26 Å². The van der Waals surface area contributed by atoms with Crippen LogP contribution in [-0.2, 0) is 16.1 Å². The fraction of sp³-hybridized carbons (Fsp3) is 0.789. The van der Waals surface area contributed by atoms with Crippen LogP contribution in [0.4, 0.5) is 0 Å². The highest BCUT2D eigenvalue weighted by atomic mass is 16.5. The number of nitrogens with zero attached hydrogens (tertiary/aromatic N) is 3. The van der Waals surface area contributed by atoms with Gasteiger partial charge in [-0.15, -0.1) is 0 Å². The Kier molecular flexibility index (Phi) is 4.58. The molecule has 0 bridgehead atoms. The molecule has 1 amide bonds. The molecule has 3 fully saturated rings. The van der Waals surface area contributed by atoms with E-state index >= 15 is 0 Å². The third-order valence-electron chi connectivity index (χ3n) is 6.28. The number of aromatic nitrogens is 1. The molecule has 1 aliphatic carbocycles. The van der Waals surface area contributed by atoms with Crippen molar-refractivity contribution in [1.82, 2.24) is 15.0 Å². The number of carbonyl (C=O) groups is 1. The fourth-order valence-electron chi connectivity index (χ4n) is 4.62. The Morgan fingerprint density at radius 3 is 2.72 bits per heavy atom. The van der Waals surface area contributed by atoms with E-state index in [2.05, 4.69) is 15.0 Å². The summed E-state index contributed by atoms with van der Waals surface area (Å²) < 4.78 is 10.6. The maximum absolute atomic E-state index is 12.9. The first-order valence-electron chi connectivity index (χ1n) is 9.52. The molecule has 6 heteroatoms. The number of likely N-dealkylation sites (tertiary alicyclic amines) is 2. The third kappa shape index (κ3) is 3.47. The summed E-state index contributed by atoms with van der Waals surface area (Å²) in [6, 6.07) is 2.01. The van der Waals surface area contributed by atoms with Crippen LogP contribution < -0.4 is 0 Å². The number of aryl methyl sites for hydroxylation is 1.